The number of hydrogen-bond acceptors (Lipinski definition) is 26. The molecule has 7 heterocycles. The van der Waals surface area contributed by atoms with E-state index in [0.717, 1.165) is 21.0 Å². The van der Waals surface area contributed by atoms with E-state index in [1.807, 2.05) is 13.0 Å². The van der Waals surface area contributed by atoms with Crippen LogP contribution in [0.5, 0.6) is 23.0 Å². The van der Waals surface area contributed by atoms with Crippen molar-refractivity contribution in [2.75, 3.05) is 17.3 Å². The third kappa shape index (κ3) is 15.0. The molecule has 0 amide bonds. The van der Waals surface area contributed by atoms with Gasteiger partial charge in [0, 0.05) is 18.1 Å². The number of fused-ring (bicyclic) bond motifs is 4. The Kier molecular flexibility index (Phi) is 19.9. The van der Waals surface area contributed by atoms with E-state index in [1.54, 1.807) is 48.0 Å². The van der Waals surface area contributed by atoms with Gasteiger partial charge in [-0.05, 0) is 72.2 Å². The molecular formula is C46H45B4N9O17S5. The molecule has 418 valence electrons. The van der Waals surface area contributed by atoms with Gasteiger partial charge in [-0.1, -0.05) is 113 Å². The zero-order valence-electron chi connectivity index (χ0n) is 42.0. The van der Waals surface area contributed by atoms with Gasteiger partial charge in [-0.25, -0.2) is 23.9 Å². The molecule has 0 unspecified atom stereocenters. The third-order valence-corrected chi connectivity index (χ3v) is 17.5. The summed E-state index contributed by atoms with van der Waals surface area (Å²) in [6.45, 7) is 1.86. The number of anilines is 1. The number of aromatic carboxylic acids is 4. The Labute approximate surface area is 481 Å². The highest BCUT2D eigenvalue weighted by Crippen LogP contribution is 2.40. The monoisotopic (exact) mass is 1200 g/mol. The summed E-state index contributed by atoms with van der Waals surface area (Å²) in [4.78, 5) is 56.6. The van der Waals surface area contributed by atoms with Crippen LogP contribution >= 0.6 is 58.0 Å². The number of carboxylic acids is 4. The van der Waals surface area contributed by atoms with E-state index < -0.39 is 58.2 Å². The predicted molar refractivity (Wildman–Crippen MR) is 300 cm³/mol. The van der Waals surface area contributed by atoms with Crippen LogP contribution in [0, 0.1) is 0 Å². The van der Waals surface area contributed by atoms with Crippen molar-refractivity contribution in [3.63, 3.8) is 0 Å². The summed E-state index contributed by atoms with van der Waals surface area (Å²) in [5.41, 5.74) is 10.3. The van der Waals surface area contributed by atoms with Gasteiger partial charge in [0.2, 0.25) is 10.3 Å². The Bertz CT molecular complexity index is 3430. The van der Waals surface area contributed by atoms with Crippen molar-refractivity contribution in [3.8, 4) is 23.0 Å². The molecule has 4 aromatic carbocycles. The minimum atomic E-state index is -1.22. The normalized spacial score (nSPS) is 17.3. The molecule has 81 heavy (non-hydrogen) atoms. The van der Waals surface area contributed by atoms with E-state index in [4.69, 9.17) is 45.5 Å². The fraction of sp³-hybridized carbons (Fsp3) is 0.239. The number of rotatable bonds is 13. The van der Waals surface area contributed by atoms with Gasteiger partial charge in [-0.3, -0.25) is 4.79 Å². The van der Waals surface area contributed by atoms with Gasteiger partial charge in [0.25, 0.3) is 0 Å². The molecule has 0 bridgehead atoms. The molecule has 4 aliphatic heterocycles. The van der Waals surface area contributed by atoms with Crippen LogP contribution in [0.1, 0.15) is 77.0 Å². The van der Waals surface area contributed by atoms with Crippen LogP contribution < -0.4 is 30.2 Å². The molecule has 4 atom stereocenters. The van der Waals surface area contributed by atoms with Gasteiger partial charge in [0.05, 0.1) is 38.3 Å². The summed E-state index contributed by atoms with van der Waals surface area (Å²) in [7, 11) is -4.37. The lowest BCUT2D eigenvalue weighted by atomic mass is 9.64. The van der Waals surface area contributed by atoms with Crippen molar-refractivity contribution in [2.24, 2.45) is 0 Å². The molecular weight excluding hydrogens is 1150 g/mol. The van der Waals surface area contributed by atoms with Crippen LogP contribution in [0.25, 0.3) is 0 Å². The largest absolute Gasteiger partial charge is 0.537 e. The molecule has 4 aliphatic rings. The second-order valence-corrected chi connectivity index (χ2v) is 23.7. The number of nitrogens with zero attached hydrogens (tertiary/aromatic N) is 7. The number of carbonyl (C=O) groups excluding carboxylic acids is 1. The van der Waals surface area contributed by atoms with Crippen LogP contribution in [-0.4, -0.2) is 150 Å². The van der Waals surface area contributed by atoms with E-state index in [0.29, 0.717) is 51.6 Å². The number of ketones is 1. The smallest absolute Gasteiger partial charge is 0.535 e. The SMILES string of the molecule is C[C@H]1Cc2cccc(C(=O)O)c2OB1O.Nc1nnc(SCC(=O)C[C@H]2Cc3cccc(C(=O)O)c3OB2O)s1.Nn1cnnc1S[C@H]1Cc2cccc(C(=O)O)c2OB1O.O=C(O)c1cccc2c1OB(O)[C@@H](Sc1nncs1)C2. The first-order valence-corrected chi connectivity index (χ1v) is 28.5. The van der Waals surface area contributed by atoms with Gasteiger partial charge in [-0.15, -0.1) is 30.6 Å². The van der Waals surface area contributed by atoms with E-state index in [9.17, 15) is 49.2 Å². The molecule has 11 rings (SSSR count). The minimum absolute atomic E-state index is 0.00532. The maximum atomic E-state index is 12.2. The van der Waals surface area contributed by atoms with E-state index in [2.05, 4.69) is 30.6 Å². The third-order valence-electron chi connectivity index (χ3n) is 12.3. The van der Waals surface area contributed by atoms with Crippen LogP contribution in [-0.2, 0) is 30.5 Å². The number of carboxylic acid groups (broad SMARTS) is 4. The van der Waals surface area contributed by atoms with Gasteiger partial charge in [0.1, 0.15) is 40.6 Å². The lowest BCUT2D eigenvalue weighted by Crippen LogP contribution is -2.41. The molecule has 0 spiro atoms. The fourth-order valence-corrected chi connectivity index (χ4v) is 12.7. The second-order valence-electron chi connectivity index (χ2n) is 18.0. The molecule has 0 saturated carbocycles. The Balaban J connectivity index is 0.000000144. The number of para-hydroxylation sites is 4. The van der Waals surface area contributed by atoms with E-state index >= 15 is 0 Å². The van der Waals surface area contributed by atoms with Crippen molar-refractivity contribution in [2.45, 2.75) is 74.8 Å². The lowest BCUT2D eigenvalue weighted by Gasteiger charge is -2.27. The number of thioether (sulfide) groups is 3. The summed E-state index contributed by atoms with van der Waals surface area (Å²) >= 11 is 6.45. The Morgan fingerprint density at radius 2 is 1.07 bits per heavy atom. The van der Waals surface area contributed by atoms with Crippen molar-refractivity contribution in [3.05, 3.63) is 129 Å². The highest BCUT2D eigenvalue weighted by Gasteiger charge is 2.41. The maximum absolute atomic E-state index is 12.2. The number of Topliss-reactive ketones (excluding diaryl/α,β-unsaturated/α-hetero) is 1. The van der Waals surface area contributed by atoms with Crippen LogP contribution in [0.3, 0.4) is 0 Å². The minimum Gasteiger partial charge on any atom is -0.535 e. The van der Waals surface area contributed by atoms with Crippen molar-refractivity contribution in [1.82, 2.24) is 35.3 Å². The van der Waals surface area contributed by atoms with Gasteiger partial charge < -0.3 is 70.7 Å². The highest BCUT2D eigenvalue weighted by molar-refractivity contribution is 8.03. The number of aromatic nitrogens is 7. The van der Waals surface area contributed by atoms with Gasteiger partial charge in [0.15, 0.2) is 8.68 Å². The fourth-order valence-electron chi connectivity index (χ4n) is 8.47. The molecule has 3 aromatic heterocycles. The van der Waals surface area contributed by atoms with Crippen molar-refractivity contribution < 1.29 is 83.1 Å². The average molecular weight is 1200 g/mol. The Hall–Kier alpha value is -7.36. The topological polar surface area (TPSA) is 418 Å². The van der Waals surface area contributed by atoms with Crippen molar-refractivity contribution in [1.29, 1.82) is 0 Å². The summed E-state index contributed by atoms with van der Waals surface area (Å²) in [5.74, 6) is 1.95. The summed E-state index contributed by atoms with van der Waals surface area (Å²) < 4.78 is 24.0. The quantitative estimate of drug-likeness (QED) is 0.0447. The molecule has 0 fully saturated rings. The van der Waals surface area contributed by atoms with Crippen LogP contribution in [0.2, 0.25) is 11.6 Å². The van der Waals surface area contributed by atoms with Gasteiger partial charge >= 0.3 is 52.4 Å². The predicted octanol–water partition coefficient (Wildman–Crippen LogP) is 3.70. The summed E-state index contributed by atoms with van der Waals surface area (Å²) in [5, 5.41) is 99.0. The number of nitrogens with two attached hydrogens (primary N) is 2. The van der Waals surface area contributed by atoms with Crippen LogP contribution in [0.15, 0.2) is 98.5 Å². The number of benzene rings is 4. The lowest BCUT2D eigenvalue weighted by molar-refractivity contribution is -0.116. The zero-order valence-corrected chi connectivity index (χ0v) is 46.1. The Morgan fingerprint density at radius 1 is 0.605 bits per heavy atom. The molecule has 26 nitrogen and oxygen atoms in total. The molecule has 12 N–H and O–H groups in total. The zero-order chi connectivity index (χ0) is 58.1. The van der Waals surface area contributed by atoms with E-state index in [1.165, 1.54) is 93.2 Å². The standard InChI is InChI=1S/C14H14BN3O5S2.C11H11BN4O4S.C11H9BN2O4S2.C10H11BO4/c16-13-17-18-14(25-13)24-6-9(19)5-8-4-7-2-1-3-10(12(20)21)11(7)23-15(8)22;13-16-5-14-15-11(16)21-8-4-6-2-1-3-7(10(17)18)9(6)20-12(8)19;15-10(16)7-3-1-2-6-4-8(12(17)18-9(6)7)20-11-14-13-5-19-11;1-6-5-7-3-2-4-8(10(12)13)9(7)15-11(6)14/h1-3,8,22H,4-6H2,(H2,16,17)(H,20,21);1-3,5,8,19H,4,13H2,(H,17,18);1-3,5,8,17H,4H2,(H,15,16);2-4,6,14H,5H2,1H3,(H,12,13)/t3*8-;6-/m1000/s1. The molecule has 0 radical (unpaired) electrons. The second kappa shape index (κ2) is 26.9. The van der Waals surface area contributed by atoms with Crippen LogP contribution in [0.4, 0.5) is 5.13 Å². The summed E-state index contributed by atoms with van der Waals surface area (Å²) in [6.07, 6.45) is 3.45. The first-order valence-electron chi connectivity index (χ1n) is 24.0. The molecule has 0 aliphatic carbocycles. The molecule has 35 heteroatoms. The molecule has 7 aromatic rings. The first-order chi connectivity index (χ1) is 38.7. The summed E-state index contributed by atoms with van der Waals surface area (Å²) in [6, 6.07) is 19.6. The van der Waals surface area contributed by atoms with Crippen molar-refractivity contribution >= 4 is 121 Å². The highest BCUT2D eigenvalue weighted by atomic mass is 32.2. The number of nitrogen functional groups attached to an aromatic ring is 2. The first kappa shape index (κ1) is 59.8. The number of carbonyl (C=O) groups is 5. The Morgan fingerprint density at radius 3 is 1.52 bits per heavy atom. The number of hydrogen-bond donors (Lipinski definition) is 10. The van der Waals surface area contributed by atoms with E-state index in [-0.39, 0.29) is 73.6 Å². The average Bonchev–Trinajstić information content (AvgIpc) is 4.29. The molecule has 0 saturated heterocycles. The maximum Gasteiger partial charge on any atom is 0.537 e. The van der Waals surface area contributed by atoms with Gasteiger partial charge in [-0.2, -0.15) is 0 Å².